The maximum Gasteiger partial charge on any atom is 0.0593 e. The summed E-state index contributed by atoms with van der Waals surface area (Å²) in [5.41, 5.74) is 3.55. The average molecular weight is 335 g/mol. The number of hydrazone groups is 1. The molecule has 0 heterocycles. The van der Waals surface area contributed by atoms with Crippen molar-refractivity contribution in [2.24, 2.45) is 11.0 Å². The van der Waals surface area contributed by atoms with Gasteiger partial charge in [-0.05, 0) is 49.8 Å². The second kappa shape index (κ2) is 10.5. The van der Waals surface area contributed by atoms with Crippen LogP contribution in [0.15, 0.2) is 77.9 Å². The molecular formula is C23H30N2. The van der Waals surface area contributed by atoms with Crippen molar-refractivity contribution in [3.8, 4) is 0 Å². The van der Waals surface area contributed by atoms with E-state index in [-0.39, 0.29) is 0 Å². The molecule has 2 nitrogen and oxygen atoms in total. The van der Waals surface area contributed by atoms with E-state index in [0.29, 0.717) is 5.92 Å². The van der Waals surface area contributed by atoms with E-state index in [4.69, 9.17) is 5.10 Å². The van der Waals surface area contributed by atoms with Gasteiger partial charge in [0.1, 0.15) is 0 Å². The van der Waals surface area contributed by atoms with Crippen LogP contribution < -0.4 is 5.01 Å². The number of benzene rings is 2. The summed E-state index contributed by atoms with van der Waals surface area (Å²) in [5.74, 6) is 0.692. The minimum atomic E-state index is 0.692. The van der Waals surface area contributed by atoms with Crippen molar-refractivity contribution in [1.82, 2.24) is 0 Å². The first kappa shape index (κ1) is 19.0. The summed E-state index contributed by atoms with van der Waals surface area (Å²) in [5, 5.41) is 6.85. The van der Waals surface area contributed by atoms with Crippen LogP contribution in [0.1, 0.15) is 45.1 Å². The van der Waals surface area contributed by atoms with Crippen LogP contribution in [0, 0.1) is 5.92 Å². The molecule has 2 aromatic rings. The molecule has 0 bridgehead atoms. The summed E-state index contributed by atoms with van der Waals surface area (Å²) in [6, 6.07) is 20.7. The van der Waals surface area contributed by atoms with Crippen molar-refractivity contribution in [2.75, 3.05) is 11.6 Å². The zero-order valence-electron chi connectivity index (χ0n) is 15.6. The second-order valence-electron chi connectivity index (χ2n) is 6.86. The van der Waals surface area contributed by atoms with Crippen molar-refractivity contribution in [1.29, 1.82) is 0 Å². The fourth-order valence-corrected chi connectivity index (χ4v) is 2.77. The minimum absolute atomic E-state index is 0.692. The third kappa shape index (κ3) is 7.38. The maximum absolute atomic E-state index is 4.74. The van der Waals surface area contributed by atoms with Gasteiger partial charge in [-0.15, -0.1) is 6.58 Å². The van der Waals surface area contributed by atoms with E-state index in [9.17, 15) is 0 Å². The fourth-order valence-electron chi connectivity index (χ4n) is 2.77. The summed E-state index contributed by atoms with van der Waals surface area (Å²) in [4.78, 5) is 0. The number of hydrogen-bond donors (Lipinski definition) is 0. The van der Waals surface area contributed by atoms with E-state index in [1.807, 2.05) is 30.5 Å². The lowest BCUT2D eigenvalue weighted by molar-refractivity contribution is 0.474. The van der Waals surface area contributed by atoms with Crippen LogP contribution in [0.3, 0.4) is 0 Å². The summed E-state index contributed by atoms with van der Waals surface area (Å²) < 4.78 is 0. The molecule has 0 aromatic heterocycles. The number of para-hydroxylation sites is 1. The molecule has 0 saturated heterocycles. The van der Waals surface area contributed by atoms with Gasteiger partial charge in [0, 0.05) is 6.54 Å². The Morgan fingerprint density at radius 3 is 2.32 bits per heavy atom. The van der Waals surface area contributed by atoms with Crippen LogP contribution in [0.2, 0.25) is 0 Å². The SMILES string of the molecule is C=C(C)CCCC(C)CCN(/N=C/c1ccccc1)c1ccccc1. The van der Waals surface area contributed by atoms with Crippen molar-refractivity contribution in [3.05, 3.63) is 78.4 Å². The molecule has 2 rings (SSSR count). The van der Waals surface area contributed by atoms with Crippen LogP contribution in [0.25, 0.3) is 0 Å². The van der Waals surface area contributed by atoms with Gasteiger partial charge in [0.15, 0.2) is 0 Å². The molecule has 2 aromatic carbocycles. The second-order valence-corrected chi connectivity index (χ2v) is 6.86. The normalized spacial score (nSPS) is 12.2. The Morgan fingerprint density at radius 2 is 1.68 bits per heavy atom. The van der Waals surface area contributed by atoms with Crippen molar-refractivity contribution >= 4 is 11.9 Å². The molecule has 1 unspecified atom stereocenters. The number of nitrogens with zero attached hydrogens (tertiary/aromatic N) is 2. The monoisotopic (exact) mass is 334 g/mol. The van der Waals surface area contributed by atoms with E-state index < -0.39 is 0 Å². The smallest absolute Gasteiger partial charge is 0.0593 e. The molecule has 0 aliphatic heterocycles. The fraction of sp³-hybridized carbons (Fsp3) is 0.348. The van der Waals surface area contributed by atoms with E-state index >= 15 is 0 Å². The van der Waals surface area contributed by atoms with Gasteiger partial charge in [-0.25, -0.2) is 0 Å². The van der Waals surface area contributed by atoms with E-state index in [1.54, 1.807) is 0 Å². The number of anilines is 1. The molecule has 0 fully saturated rings. The standard InChI is InChI=1S/C23H30N2/c1-20(2)11-10-12-21(3)17-18-25(23-15-8-5-9-16-23)24-19-22-13-6-4-7-14-22/h4-9,13-16,19,21H,1,10-12,17-18H2,2-3H3/b24-19+. The van der Waals surface area contributed by atoms with Gasteiger partial charge in [-0.1, -0.05) is 67.4 Å². The van der Waals surface area contributed by atoms with Gasteiger partial charge < -0.3 is 0 Å². The van der Waals surface area contributed by atoms with Gasteiger partial charge in [0.2, 0.25) is 0 Å². The highest BCUT2D eigenvalue weighted by molar-refractivity contribution is 5.80. The van der Waals surface area contributed by atoms with Gasteiger partial charge in [-0.3, -0.25) is 5.01 Å². The van der Waals surface area contributed by atoms with Crippen molar-refractivity contribution < 1.29 is 0 Å². The predicted molar refractivity (Wildman–Crippen MR) is 110 cm³/mol. The Morgan fingerprint density at radius 1 is 1.04 bits per heavy atom. The van der Waals surface area contributed by atoms with Gasteiger partial charge in [0.05, 0.1) is 11.9 Å². The van der Waals surface area contributed by atoms with Crippen LogP contribution >= 0.6 is 0 Å². The topological polar surface area (TPSA) is 15.6 Å². The zero-order chi connectivity index (χ0) is 17.9. The Bertz CT molecular complexity index is 646. The predicted octanol–water partition coefficient (Wildman–Crippen LogP) is 6.30. The van der Waals surface area contributed by atoms with E-state index in [1.165, 1.54) is 18.4 Å². The Kier molecular flexibility index (Phi) is 7.97. The van der Waals surface area contributed by atoms with Crippen LogP contribution in [-0.4, -0.2) is 12.8 Å². The molecular weight excluding hydrogens is 304 g/mol. The lowest BCUT2D eigenvalue weighted by atomic mass is 9.99. The van der Waals surface area contributed by atoms with Crippen molar-refractivity contribution in [3.63, 3.8) is 0 Å². The quantitative estimate of drug-likeness (QED) is 0.283. The molecule has 0 amide bonds. The van der Waals surface area contributed by atoms with E-state index in [2.05, 4.69) is 61.8 Å². The molecule has 0 spiro atoms. The molecule has 132 valence electrons. The molecule has 0 saturated carbocycles. The zero-order valence-corrected chi connectivity index (χ0v) is 15.6. The lowest BCUT2D eigenvalue weighted by Gasteiger charge is -2.21. The minimum Gasteiger partial charge on any atom is -0.266 e. The molecule has 25 heavy (non-hydrogen) atoms. The van der Waals surface area contributed by atoms with Crippen LogP contribution in [0.4, 0.5) is 5.69 Å². The largest absolute Gasteiger partial charge is 0.266 e. The van der Waals surface area contributed by atoms with Crippen molar-refractivity contribution in [2.45, 2.75) is 39.5 Å². The Labute approximate surface area is 152 Å². The first-order valence-corrected chi connectivity index (χ1v) is 9.21. The Balaban J connectivity index is 1.95. The highest BCUT2D eigenvalue weighted by Gasteiger charge is 2.08. The molecule has 1 atom stereocenters. The van der Waals surface area contributed by atoms with Gasteiger partial charge >= 0.3 is 0 Å². The highest BCUT2D eigenvalue weighted by Crippen LogP contribution is 2.19. The molecule has 0 aliphatic rings. The molecule has 0 radical (unpaired) electrons. The summed E-state index contributed by atoms with van der Waals surface area (Å²) in [7, 11) is 0. The lowest BCUT2D eigenvalue weighted by Crippen LogP contribution is -2.20. The number of rotatable bonds is 10. The number of hydrogen-bond acceptors (Lipinski definition) is 2. The molecule has 0 aliphatic carbocycles. The first-order chi connectivity index (χ1) is 12.1. The highest BCUT2D eigenvalue weighted by atomic mass is 15.4. The Hall–Kier alpha value is -2.35. The van der Waals surface area contributed by atoms with Gasteiger partial charge in [-0.2, -0.15) is 5.10 Å². The maximum atomic E-state index is 4.74. The average Bonchev–Trinajstić information content (AvgIpc) is 2.63. The van der Waals surface area contributed by atoms with E-state index in [0.717, 1.165) is 30.6 Å². The van der Waals surface area contributed by atoms with Crippen LogP contribution in [-0.2, 0) is 0 Å². The van der Waals surface area contributed by atoms with Gasteiger partial charge in [0.25, 0.3) is 0 Å². The molecule has 0 N–H and O–H groups in total. The summed E-state index contributed by atoms with van der Waals surface area (Å²) in [6.45, 7) is 9.37. The number of allylic oxidation sites excluding steroid dienone is 1. The third-order valence-electron chi connectivity index (χ3n) is 4.33. The first-order valence-electron chi connectivity index (χ1n) is 9.21. The third-order valence-corrected chi connectivity index (χ3v) is 4.33. The molecule has 2 heteroatoms. The summed E-state index contributed by atoms with van der Waals surface area (Å²) in [6.07, 6.45) is 6.70. The van der Waals surface area contributed by atoms with Crippen LogP contribution in [0.5, 0.6) is 0 Å². The summed E-state index contributed by atoms with van der Waals surface area (Å²) >= 11 is 0.